The van der Waals surface area contributed by atoms with E-state index >= 15 is 0 Å². The Balaban J connectivity index is 2.24. The van der Waals surface area contributed by atoms with Crippen molar-refractivity contribution in [1.29, 1.82) is 0 Å². The SMILES string of the molecule is CCS(=O)(=O)[C@@H]1[C@H](N)[C@@H]1c1ccc(F)cc1. The van der Waals surface area contributed by atoms with Crippen molar-refractivity contribution in [1.82, 2.24) is 0 Å². The molecule has 0 bridgehead atoms. The molecule has 1 saturated carbocycles. The maximum Gasteiger partial charge on any atom is 0.155 e. The molecule has 1 aromatic carbocycles. The summed E-state index contributed by atoms with van der Waals surface area (Å²) in [6.45, 7) is 1.61. The van der Waals surface area contributed by atoms with E-state index in [1.807, 2.05) is 0 Å². The summed E-state index contributed by atoms with van der Waals surface area (Å²) in [6, 6.07) is 5.51. The first-order valence-electron chi connectivity index (χ1n) is 5.20. The minimum atomic E-state index is -3.10. The lowest BCUT2D eigenvalue weighted by Crippen LogP contribution is -2.17. The lowest BCUT2D eigenvalue weighted by atomic mass is 10.1. The van der Waals surface area contributed by atoms with Crippen LogP contribution in [0.5, 0.6) is 0 Å². The number of rotatable bonds is 3. The second-order valence-corrected chi connectivity index (χ2v) is 6.52. The number of nitrogens with two attached hydrogens (primary N) is 1. The molecule has 0 unspecified atom stereocenters. The molecular formula is C11H14FNO2S. The molecule has 1 aliphatic carbocycles. The van der Waals surface area contributed by atoms with Crippen LogP contribution in [0.1, 0.15) is 18.4 Å². The van der Waals surface area contributed by atoms with Gasteiger partial charge in [-0.1, -0.05) is 19.1 Å². The lowest BCUT2D eigenvalue weighted by molar-refractivity contribution is 0.594. The fraction of sp³-hybridized carbons (Fsp3) is 0.455. The highest BCUT2D eigenvalue weighted by molar-refractivity contribution is 7.92. The summed E-state index contributed by atoms with van der Waals surface area (Å²) in [5, 5.41) is -0.497. The van der Waals surface area contributed by atoms with Gasteiger partial charge in [0.1, 0.15) is 5.82 Å². The Kier molecular flexibility index (Phi) is 2.75. The Bertz CT molecular complexity index is 483. The van der Waals surface area contributed by atoms with Crippen LogP contribution < -0.4 is 5.73 Å². The van der Waals surface area contributed by atoms with Crippen LogP contribution in [-0.4, -0.2) is 25.5 Å². The topological polar surface area (TPSA) is 60.2 Å². The first-order chi connectivity index (χ1) is 7.47. The van der Waals surface area contributed by atoms with Crippen molar-refractivity contribution < 1.29 is 12.8 Å². The zero-order valence-electron chi connectivity index (χ0n) is 8.93. The van der Waals surface area contributed by atoms with Gasteiger partial charge in [-0.2, -0.15) is 0 Å². The van der Waals surface area contributed by atoms with Gasteiger partial charge in [0.2, 0.25) is 0 Å². The Morgan fingerprint density at radius 2 is 1.88 bits per heavy atom. The van der Waals surface area contributed by atoms with Crippen molar-refractivity contribution >= 4 is 9.84 Å². The van der Waals surface area contributed by atoms with E-state index in [4.69, 9.17) is 5.73 Å². The minimum Gasteiger partial charge on any atom is -0.326 e. The van der Waals surface area contributed by atoms with Gasteiger partial charge in [-0.25, -0.2) is 12.8 Å². The van der Waals surface area contributed by atoms with Gasteiger partial charge in [-0.05, 0) is 17.7 Å². The maximum absolute atomic E-state index is 12.7. The highest BCUT2D eigenvalue weighted by Crippen LogP contribution is 2.44. The summed E-state index contributed by atoms with van der Waals surface area (Å²) >= 11 is 0. The Hall–Kier alpha value is -0.940. The fourth-order valence-electron chi connectivity index (χ4n) is 2.06. The van der Waals surface area contributed by atoms with Gasteiger partial charge in [0.05, 0.1) is 5.25 Å². The quantitative estimate of drug-likeness (QED) is 0.863. The lowest BCUT2D eigenvalue weighted by Gasteiger charge is -2.00. The van der Waals surface area contributed by atoms with E-state index in [1.54, 1.807) is 19.1 Å². The molecule has 1 aromatic rings. The van der Waals surface area contributed by atoms with Crippen molar-refractivity contribution in [3.05, 3.63) is 35.6 Å². The monoisotopic (exact) mass is 243 g/mol. The molecule has 0 saturated heterocycles. The second kappa shape index (κ2) is 3.82. The zero-order chi connectivity index (χ0) is 11.9. The summed E-state index contributed by atoms with van der Waals surface area (Å²) in [6.07, 6.45) is 0. The molecule has 0 heterocycles. The molecule has 0 aliphatic heterocycles. The molecule has 0 spiro atoms. The third-order valence-electron chi connectivity index (χ3n) is 3.08. The molecule has 0 radical (unpaired) electrons. The van der Waals surface area contributed by atoms with Crippen LogP contribution in [0, 0.1) is 5.82 Å². The summed E-state index contributed by atoms with van der Waals surface area (Å²) in [5.74, 6) is -0.401. The molecule has 0 aromatic heterocycles. The molecule has 2 N–H and O–H groups in total. The van der Waals surface area contributed by atoms with E-state index in [0.717, 1.165) is 5.56 Å². The van der Waals surface area contributed by atoms with Crippen LogP contribution in [0.25, 0.3) is 0 Å². The molecule has 3 nitrogen and oxygen atoms in total. The van der Waals surface area contributed by atoms with E-state index < -0.39 is 15.1 Å². The highest BCUT2D eigenvalue weighted by atomic mass is 32.2. The molecular weight excluding hydrogens is 229 g/mol. The van der Waals surface area contributed by atoms with E-state index in [0.29, 0.717) is 0 Å². The normalized spacial score (nSPS) is 29.1. The van der Waals surface area contributed by atoms with E-state index in [-0.39, 0.29) is 23.5 Å². The minimum absolute atomic E-state index is 0.100. The van der Waals surface area contributed by atoms with Gasteiger partial charge in [0.15, 0.2) is 9.84 Å². The standard InChI is InChI=1S/C11H14FNO2S/c1-2-16(14,15)11-9(10(11)13)7-3-5-8(12)6-4-7/h3-6,9-11H,2,13H2,1H3/t9-,10+,11-/m0/s1. The van der Waals surface area contributed by atoms with E-state index in [2.05, 4.69) is 0 Å². The first kappa shape index (κ1) is 11.5. The molecule has 16 heavy (non-hydrogen) atoms. The Labute approximate surface area is 94.4 Å². The van der Waals surface area contributed by atoms with Crippen LogP contribution in [-0.2, 0) is 9.84 Å². The number of hydrogen-bond acceptors (Lipinski definition) is 3. The van der Waals surface area contributed by atoms with Crippen molar-refractivity contribution in [2.24, 2.45) is 5.73 Å². The average molecular weight is 243 g/mol. The van der Waals surface area contributed by atoms with Crippen molar-refractivity contribution in [3.63, 3.8) is 0 Å². The predicted octanol–water partition coefficient (Wildman–Crippen LogP) is 1.05. The second-order valence-electron chi connectivity index (χ2n) is 4.07. The zero-order valence-corrected chi connectivity index (χ0v) is 9.75. The summed E-state index contributed by atoms with van der Waals surface area (Å²) in [7, 11) is -3.10. The average Bonchev–Trinajstić information content (AvgIpc) is 2.92. The Morgan fingerprint density at radius 3 is 2.38 bits per heavy atom. The Morgan fingerprint density at radius 1 is 1.31 bits per heavy atom. The van der Waals surface area contributed by atoms with Crippen LogP contribution in [0.2, 0.25) is 0 Å². The van der Waals surface area contributed by atoms with Gasteiger partial charge in [0.25, 0.3) is 0 Å². The van der Waals surface area contributed by atoms with Crippen molar-refractivity contribution in [2.45, 2.75) is 24.1 Å². The first-order valence-corrected chi connectivity index (χ1v) is 6.91. The van der Waals surface area contributed by atoms with Crippen LogP contribution >= 0.6 is 0 Å². The van der Waals surface area contributed by atoms with E-state index in [9.17, 15) is 12.8 Å². The molecule has 1 fully saturated rings. The third kappa shape index (κ3) is 1.85. The number of halogens is 1. The summed E-state index contributed by atoms with van der Waals surface area (Å²) < 4.78 is 36.1. The van der Waals surface area contributed by atoms with Crippen molar-refractivity contribution in [3.8, 4) is 0 Å². The van der Waals surface area contributed by atoms with Crippen LogP contribution in [0.15, 0.2) is 24.3 Å². The van der Waals surface area contributed by atoms with Gasteiger partial charge in [-0.15, -0.1) is 0 Å². The summed E-state index contributed by atoms with van der Waals surface area (Å²) in [5.41, 5.74) is 6.57. The molecule has 5 heteroatoms. The summed E-state index contributed by atoms with van der Waals surface area (Å²) in [4.78, 5) is 0. The molecule has 0 amide bonds. The molecule has 3 atom stereocenters. The number of sulfone groups is 1. The third-order valence-corrected chi connectivity index (χ3v) is 5.32. The highest BCUT2D eigenvalue weighted by Gasteiger charge is 2.55. The van der Waals surface area contributed by atoms with Crippen LogP contribution in [0.4, 0.5) is 4.39 Å². The van der Waals surface area contributed by atoms with Gasteiger partial charge in [-0.3, -0.25) is 0 Å². The predicted molar refractivity (Wildman–Crippen MR) is 60.4 cm³/mol. The number of benzene rings is 1. The molecule has 1 aliphatic rings. The molecule has 2 rings (SSSR count). The molecule has 88 valence electrons. The van der Waals surface area contributed by atoms with Crippen LogP contribution in [0.3, 0.4) is 0 Å². The maximum atomic E-state index is 12.7. The fourth-order valence-corrected chi connectivity index (χ4v) is 3.79. The van der Waals surface area contributed by atoms with Gasteiger partial charge >= 0.3 is 0 Å². The van der Waals surface area contributed by atoms with E-state index in [1.165, 1.54) is 12.1 Å². The van der Waals surface area contributed by atoms with Gasteiger partial charge < -0.3 is 5.73 Å². The van der Waals surface area contributed by atoms with Crippen molar-refractivity contribution in [2.75, 3.05) is 5.75 Å². The largest absolute Gasteiger partial charge is 0.326 e. The van der Waals surface area contributed by atoms with Gasteiger partial charge in [0, 0.05) is 17.7 Å². The number of hydrogen-bond donors (Lipinski definition) is 1. The smallest absolute Gasteiger partial charge is 0.155 e.